The van der Waals surface area contributed by atoms with E-state index in [2.05, 4.69) is 268 Å². The minimum Gasteiger partial charge on any atom is -0.310 e. The molecule has 2 nitrogen and oxygen atoms in total. The number of nitrogens with zero attached hydrogens (tertiary/aromatic N) is 2. The van der Waals surface area contributed by atoms with E-state index in [1.165, 1.54) is 160 Å². The predicted octanol–water partition coefficient (Wildman–Crippen LogP) is 19.2. The molecule has 16 rings (SSSR count). The maximum Gasteiger partial charge on any atom is 0.252 e. The van der Waals surface area contributed by atoms with Crippen molar-refractivity contribution in [2.45, 2.75) is 112 Å². The molecule has 4 aliphatic rings. The summed E-state index contributed by atoms with van der Waals surface area (Å²) in [5.74, 6) is 3.36. The Labute approximate surface area is 484 Å². The maximum absolute atomic E-state index is 2.85. The molecule has 0 saturated carbocycles. The van der Waals surface area contributed by atoms with Crippen LogP contribution in [0.4, 0.5) is 0 Å². The van der Waals surface area contributed by atoms with E-state index in [1.54, 1.807) is 0 Å². The monoisotopic (exact) mass is 1060 g/mol. The van der Waals surface area contributed by atoms with Gasteiger partial charge in [0.2, 0.25) is 0 Å². The second-order valence-corrected chi connectivity index (χ2v) is 27.0. The summed E-state index contributed by atoms with van der Waals surface area (Å²) in [5, 5.41) is 8.08. The number of hydrogen-bond donors (Lipinski definition) is 0. The number of aromatic nitrogens is 2. The number of benzene rings is 10. The van der Waals surface area contributed by atoms with E-state index >= 15 is 0 Å². The Hall–Kier alpha value is -7.88. The third-order valence-corrected chi connectivity index (χ3v) is 21.8. The van der Waals surface area contributed by atoms with Gasteiger partial charge in [-0.2, -0.15) is 0 Å². The van der Waals surface area contributed by atoms with Crippen molar-refractivity contribution in [2.24, 2.45) is 23.7 Å². The summed E-state index contributed by atoms with van der Waals surface area (Å²) >= 11 is 0. The lowest BCUT2D eigenvalue weighted by Crippen LogP contribution is -2.61. The molecule has 402 valence electrons. The van der Waals surface area contributed by atoms with Crippen molar-refractivity contribution in [1.82, 2.24) is 9.13 Å². The van der Waals surface area contributed by atoms with Gasteiger partial charge < -0.3 is 9.13 Å². The van der Waals surface area contributed by atoms with Crippen molar-refractivity contribution in [2.75, 3.05) is 0 Å². The molecular weight excluding hydrogens is 988 g/mol. The molecule has 10 aromatic carbocycles. The molecule has 0 bridgehead atoms. The highest BCUT2D eigenvalue weighted by molar-refractivity contribution is 7.00. The molecule has 5 heterocycles. The normalized spacial score (nSPS) is 15.6. The van der Waals surface area contributed by atoms with Crippen LogP contribution in [0.2, 0.25) is 0 Å². The average Bonchev–Trinajstić information content (AvgIpc) is 1.62. The molecule has 12 aromatic rings. The molecule has 82 heavy (non-hydrogen) atoms. The molecular formula is C79H73BN2. The van der Waals surface area contributed by atoms with Gasteiger partial charge in [0.15, 0.2) is 0 Å². The first-order valence-electron chi connectivity index (χ1n) is 31.0. The Morgan fingerprint density at radius 3 is 1.39 bits per heavy atom. The predicted molar refractivity (Wildman–Crippen MR) is 352 cm³/mol. The first kappa shape index (κ1) is 49.9. The van der Waals surface area contributed by atoms with E-state index in [9.17, 15) is 0 Å². The largest absolute Gasteiger partial charge is 0.310 e. The van der Waals surface area contributed by atoms with Crippen molar-refractivity contribution in [3.63, 3.8) is 0 Å². The molecule has 4 unspecified atom stereocenters. The van der Waals surface area contributed by atoms with Crippen molar-refractivity contribution in [1.29, 1.82) is 0 Å². The van der Waals surface area contributed by atoms with Gasteiger partial charge in [0, 0.05) is 43.8 Å². The number of hydrogen-bond acceptors (Lipinski definition) is 0. The fraction of sp³-hybridized carbons (Fsp3) is 0.266. The van der Waals surface area contributed by atoms with E-state index < -0.39 is 5.41 Å². The van der Waals surface area contributed by atoms with Crippen molar-refractivity contribution in [3.05, 3.63) is 220 Å². The summed E-state index contributed by atoms with van der Waals surface area (Å²) in [6.07, 6.45) is 0. The average molecular weight is 1060 g/mol. The first-order valence-corrected chi connectivity index (χ1v) is 31.0. The zero-order valence-corrected chi connectivity index (χ0v) is 49.8. The van der Waals surface area contributed by atoms with Gasteiger partial charge >= 0.3 is 0 Å². The molecule has 1 aliphatic carbocycles. The van der Waals surface area contributed by atoms with Gasteiger partial charge in [-0.15, -0.1) is 0 Å². The lowest BCUT2D eigenvalue weighted by Gasteiger charge is -2.45. The van der Waals surface area contributed by atoms with Crippen LogP contribution in [0, 0.1) is 23.7 Å². The van der Waals surface area contributed by atoms with Crippen LogP contribution >= 0.6 is 0 Å². The van der Waals surface area contributed by atoms with E-state index in [0.29, 0.717) is 47.3 Å². The second kappa shape index (κ2) is 17.6. The molecule has 0 fully saturated rings. The molecule has 0 saturated heterocycles. The minimum atomic E-state index is -0.637. The second-order valence-electron chi connectivity index (χ2n) is 27.0. The van der Waals surface area contributed by atoms with Gasteiger partial charge in [-0.1, -0.05) is 223 Å². The fourth-order valence-corrected chi connectivity index (χ4v) is 16.1. The van der Waals surface area contributed by atoms with E-state index in [4.69, 9.17) is 0 Å². The lowest BCUT2D eigenvalue weighted by molar-refractivity contribution is 0.534. The summed E-state index contributed by atoms with van der Waals surface area (Å²) in [6.45, 7) is 29.1. The Bertz CT molecular complexity index is 4680. The van der Waals surface area contributed by atoms with Gasteiger partial charge in [0.1, 0.15) is 0 Å². The van der Waals surface area contributed by atoms with Gasteiger partial charge in [-0.3, -0.25) is 0 Å². The van der Waals surface area contributed by atoms with Crippen LogP contribution in [0.15, 0.2) is 176 Å². The highest BCUT2D eigenvalue weighted by Crippen LogP contribution is 2.63. The number of fused-ring (bicyclic) bond motifs is 15. The van der Waals surface area contributed by atoms with Crippen molar-refractivity contribution in [3.8, 4) is 44.8 Å². The molecule has 0 amide bonds. The smallest absolute Gasteiger partial charge is 0.252 e. The van der Waals surface area contributed by atoms with E-state index in [0.717, 1.165) is 0 Å². The Morgan fingerprint density at radius 1 is 0.317 bits per heavy atom. The van der Waals surface area contributed by atoms with Crippen LogP contribution < -0.4 is 16.4 Å². The minimum absolute atomic E-state index is 0.0515. The maximum atomic E-state index is 2.85. The first-order chi connectivity index (χ1) is 39.7. The van der Waals surface area contributed by atoms with Gasteiger partial charge in [-0.05, 0) is 183 Å². The summed E-state index contributed by atoms with van der Waals surface area (Å²) in [4.78, 5) is 0. The molecule has 0 radical (unpaired) electrons. The Kier molecular flexibility index (Phi) is 10.7. The van der Waals surface area contributed by atoms with Crippen LogP contribution in [-0.2, 0) is 5.41 Å². The highest BCUT2D eigenvalue weighted by Gasteiger charge is 2.55. The standard InChI is InChI=1S/C79H73BN2/c1-42(2)46(9)51-32-33-72-61(34-51)62-36-53(48(11)44(5)6)39-70-75(62)81(72)77-65(58-29-21-27-56-55(26-20-28-57(56)58)50-22-14-13-15-23-50)41-69-78-73(77)80(70)71-40-54(49(12)45(7)8)37-64-63-35-52(47(10)43(3)4)38-68(74(63)82(78)76(64)71)79(69)66-30-18-16-24-59(66)60-25-17-19-31-67(60)79/h13-49H,1-12H3. The third kappa shape index (κ3) is 6.38. The van der Waals surface area contributed by atoms with E-state index in [1.807, 2.05) is 0 Å². The summed E-state index contributed by atoms with van der Waals surface area (Å²) in [6, 6.07) is 70.6. The quantitative estimate of drug-likeness (QED) is 0.121. The summed E-state index contributed by atoms with van der Waals surface area (Å²) < 4.78 is 5.64. The van der Waals surface area contributed by atoms with Gasteiger partial charge in [0.05, 0.1) is 22.1 Å². The Morgan fingerprint density at radius 2 is 0.793 bits per heavy atom. The zero-order chi connectivity index (χ0) is 56.1. The Balaban J connectivity index is 1.19. The lowest BCUT2D eigenvalue weighted by atomic mass is 9.33. The molecule has 2 aromatic heterocycles. The van der Waals surface area contributed by atoms with Gasteiger partial charge in [0.25, 0.3) is 6.71 Å². The topological polar surface area (TPSA) is 9.86 Å². The molecule has 3 aliphatic heterocycles. The van der Waals surface area contributed by atoms with Crippen LogP contribution in [0.1, 0.15) is 151 Å². The SMILES string of the molecule is CC(C)C(C)c1ccc2c(c1)c1cc(C(C)C(C)C)cc3c1n2-c1c(-c2cccc4c(-c5ccccc5)cccc24)cc2c4c1B3c1cc(C(C)C(C)C)cc3c5cc(C(C)C(C)C)cc(c5n-4c13)C21c2ccccc2-c2ccccc21. The van der Waals surface area contributed by atoms with Crippen LogP contribution in [0.25, 0.3) is 99.1 Å². The summed E-state index contributed by atoms with van der Waals surface area (Å²) in [5.41, 5.74) is 30.9. The van der Waals surface area contributed by atoms with Gasteiger partial charge in [-0.25, -0.2) is 0 Å². The molecule has 3 heteroatoms. The van der Waals surface area contributed by atoms with Crippen molar-refractivity contribution >= 4 is 77.5 Å². The van der Waals surface area contributed by atoms with Crippen LogP contribution in [0.5, 0.6) is 0 Å². The molecule has 0 N–H and O–H groups in total. The zero-order valence-electron chi connectivity index (χ0n) is 49.8. The van der Waals surface area contributed by atoms with E-state index in [-0.39, 0.29) is 6.71 Å². The van der Waals surface area contributed by atoms with Crippen LogP contribution in [-0.4, -0.2) is 15.8 Å². The number of rotatable bonds is 10. The summed E-state index contributed by atoms with van der Waals surface area (Å²) in [7, 11) is 0. The third-order valence-electron chi connectivity index (χ3n) is 21.8. The van der Waals surface area contributed by atoms with Crippen molar-refractivity contribution < 1.29 is 0 Å². The highest BCUT2D eigenvalue weighted by atomic mass is 15.1. The fourth-order valence-electron chi connectivity index (χ4n) is 16.1. The van der Waals surface area contributed by atoms with Crippen LogP contribution in [0.3, 0.4) is 0 Å². The molecule has 1 spiro atoms. The molecule has 4 atom stereocenters.